The average Bonchev–Trinajstić information content (AvgIpc) is 2.49. The van der Waals surface area contributed by atoms with Gasteiger partial charge in [-0.2, -0.15) is 0 Å². The van der Waals surface area contributed by atoms with Gasteiger partial charge in [0.05, 0.1) is 6.04 Å². The van der Waals surface area contributed by atoms with E-state index in [4.69, 9.17) is 16.3 Å². The van der Waals surface area contributed by atoms with Gasteiger partial charge in [0.25, 0.3) is 5.91 Å². The molecule has 2 rings (SSSR count). The molecule has 0 aromatic heterocycles. The number of amides is 1. The van der Waals surface area contributed by atoms with Gasteiger partial charge in [-0.15, -0.1) is 0 Å². The van der Waals surface area contributed by atoms with Crippen LogP contribution >= 0.6 is 11.6 Å². The van der Waals surface area contributed by atoms with Crippen LogP contribution in [0.4, 0.5) is 0 Å². The van der Waals surface area contributed by atoms with Crippen LogP contribution in [0.15, 0.2) is 42.5 Å². The molecule has 0 unspecified atom stereocenters. The third-order valence-corrected chi connectivity index (χ3v) is 3.71. The molecule has 0 aliphatic heterocycles. The quantitative estimate of drug-likeness (QED) is 0.897. The van der Waals surface area contributed by atoms with E-state index in [1.165, 1.54) is 5.56 Å². The van der Waals surface area contributed by atoms with E-state index in [1.807, 2.05) is 20.8 Å². The summed E-state index contributed by atoms with van der Waals surface area (Å²) in [4.78, 5) is 12.0. The first kappa shape index (κ1) is 16.4. The van der Waals surface area contributed by atoms with Crippen molar-refractivity contribution in [2.75, 3.05) is 6.61 Å². The molecule has 0 spiro atoms. The normalized spacial score (nSPS) is 11.8. The number of nitrogens with one attached hydrogen (secondary N) is 1. The van der Waals surface area contributed by atoms with Gasteiger partial charge in [0.15, 0.2) is 6.61 Å². The molecule has 0 aliphatic carbocycles. The molecule has 0 radical (unpaired) electrons. The SMILES string of the molecule is Cc1ccc(C)c([C@@H](C)NC(=O)COc2ccc(Cl)cc2)c1. The van der Waals surface area contributed by atoms with Gasteiger partial charge in [0.1, 0.15) is 5.75 Å². The largest absolute Gasteiger partial charge is 0.484 e. The number of hydrogen-bond acceptors (Lipinski definition) is 2. The molecule has 4 heteroatoms. The lowest BCUT2D eigenvalue weighted by Crippen LogP contribution is -2.31. The van der Waals surface area contributed by atoms with Gasteiger partial charge in [0.2, 0.25) is 0 Å². The molecule has 0 saturated carbocycles. The second-order valence-corrected chi connectivity index (χ2v) is 5.83. The molecule has 2 aromatic carbocycles. The summed E-state index contributed by atoms with van der Waals surface area (Å²) < 4.78 is 5.44. The number of halogens is 1. The molecule has 0 heterocycles. The van der Waals surface area contributed by atoms with Crippen molar-refractivity contribution in [2.45, 2.75) is 26.8 Å². The summed E-state index contributed by atoms with van der Waals surface area (Å²) in [6.45, 7) is 6.04. The van der Waals surface area contributed by atoms with Gasteiger partial charge < -0.3 is 10.1 Å². The highest BCUT2D eigenvalue weighted by atomic mass is 35.5. The highest BCUT2D eigenvalue weighted by Gasteiger charge is 2.12. The first-order valence-corrected chi connectivity index (χ1v) is 7.58. The maximum Gasteiger partial charge on any atom is 0.258 e. The molecule has 0 saturated heterocycles. The fourth-order valence-electron chi connectivity index (χ4n) is 2.27. The number of rotatable bonds is 5. The topological polar surface area (TPSA) is 38.3 Å². The number of aryl methyl sites for hydroxylation is 2. The van der Waals surface area contributed by atoms with Crippen LogP contribution < -0.4 is 10.1 Å². The van der Waals surface area contributed by atoms with E-state index >= 15 is 0 Å². The second kappa shape index (κ2) is 7.32. The summed E-state index contributed by atoms with van der Waals surface area (Å²) in [7, 11) is 0. The Hall–Kier alpha value is -2.00. The molecule has 22 heavy (non-hydrogen) atoms. The zero-order chi connectivity index (χ0) is 16.1. The minimum atomic E-state index is -0.150. The Morgan fingerprint density at radius 2 is 1.86 bits per heavy atom. The Balaban J connectivity index is 1.91. The first-order valence-electron chi connectivity index (χ1n) is 7.20. The summed E-state index contributed by atoms with van der Waals surface area (Å²) in [5.41, 5.74) is 3.47. The Morgan fingerprint density at radius 3 is 2.55 bits per heavy atom. The Bertz CT molecular complexity index is 653. The highest BCUT2D eigenvalue weighted by Crippen LogP contribution is 2.19. The van der Waals surface area contributed by atoms with Crippen LogP contribution in [0.5, 0.6) is 5.75 Å². The smallest absolute Gasteiger partial charge is 0.258 e. The van der Waals surface area contributed by atoms with E-state index in [-0.39, 0.29) is 18.6 Å². The maximum absolute atomic E-state index is 12.0. The Kier molecular flexibility index (Phi) is 5.45. The summed E-state index contributed by atoms with van der Waals surface area (Å²) in [6, 6.07) is 13.1. The third kappa shape index (κ3) is 4.50. The molecular weight excluding hydrogens is 298 g/mol. The van der Waals surface area contributed by atoms with Crippen molar-refractivity contribution >= 4 is 17.5 Å². The van der Waals surface area contributed by atoms with Crippen molar-refractivity contribution in [3.8, 4) is 5.75 Å². The van der Waals surface area contributed by atoms with Gasteiger partial charge in [-0.25, -0.2) is 0 Å². The number of ether oxygens (including phenoxy) is 1. The molecule has 1 amide bonds. The van der Waals surface area contributed by atoms with E-state index in [0.717, 1.165) is 11.1 Å². The van der Waals surface area contributed by atoms with E-state index < -0.39 is 0 Å². The first-order chi connectivity index (χ1) is 10.5. The standard InChI is InChI=1S/C18H20ClNO2/c1-12-4-5-13(2)17(10-12)14(3)20-18(21)11-22-16-8-6-15(19)7-9-16/h4-10,14H,11H2,1-3H3,(H,20,21)/t14-/m1/s1. The van der Waals surface area contributed by atoms with Crippen LogP contribution in [0.3, 0.4) is 0 Å². The molecule has 1 N–H and O–H groups in total. The molecular formula is C18H20ClNO2. The molecule has 0 aliphatic rings. The molecule has 1 atom stereocenters. The van der Waals surface area contributed by atoms with Crippen LogP contribution in [-0.4, -0.2) is 12.5 Å². The monoisotopic (exact) mass is 317 g/mol. The van der Waals surface area contributed by atoms with Crippen LogP contribution in [0.25, 0.3) is 0 Å². The van der Waals surface area contributed by atoms with Crippen molar-refractivity contribution in [3.63, 3.8) is 0 Å². The molecule has 0 bridgehead atoms. The lowest BCUT2D eigenvalue weighted by molar-refractivity contribution is -0.123. The average molecular weight is 318 g/mol. The van der Waals surface area contributed by atoms with E-state index in [2.05, 4.69) is 23.5 Å². The minimum absolute atomic E-state index is 0.0170. The summed E-state index contributed by atoms with van der Waals surface area (Å²) in [5.74, 6) is 0.474. The zero-order valence-electron chi connectivity index (χ0n) is 13.0. The highest BCUT2D eigenvalue weighted by molar-refractivity contribution is 6.30. The van der Waals surface area contributed by atoms with Crippen molar-refractivity contribution < 1.29 is 9.53 Å². The fraction of sp³-hybridized carbons (Fsp3) is 0.278. The Morgan fingerprint density at radius 1 is 1.18 bits per heavy atom. The lowest BCUT2D eigenvalue weighted by Gasteiger charge is -2.17. The van der Waals surface area contributed by atoms with Crippen LogP contribution in [-0.2, 0) is 4.79 Å². The van der Waals surface area contributed by atoms with Gasteiger partial charge in [0, 0.05) is 5.02 Å². The molecule has 116 valence electrons. The molecule has 0 fully saturated rings. The van der Waals surface area contributed by atoms with Crippen LogP contribution in [0.1, 0.15) is 29.7 Å². The second-order valence-electron chi connectivity index (χ2n) is 5.39. The van der Waals surface area contributed by atoms with Crippen molar-refractivity contribution in [1.82, 2.24) is 5.32 Å². The predicted molar refractivity (Wildman–Crippen MR) is 89.4 cm³/mol. The number of carbonyl (C=O) groups excluding carboxylic acids is 1. The fourth-order valence-corrected chi connectivity index (χ4v) is 2.39. The number of benzene rings is 2. The summed E-state index contributed by atoms with van der Waals surface area (Å²) in [6.07, 6.45) is 0. The van der Waals surface area contributed by atoms with Gasteiger partial charge in [-0.1, -0.05) is 35.4 Å². The Labute approximate surface area is 136 Å². The van der Waals surface area contributed by atoms with Crippen molar-refractivity contribution in [3.05, 3.63) is 64.2 Å². The third-order valence-electron chi connectivity index (χ3n) is 3.46. The van der Waals surface area contributed by atoms with Crippen molar-refractivity contribution in [2.24, 2.45) is 0 Å². The van der Waals surface area contributed by atoms with E-state index in [9.17, 15) is 4.79 Å². The zero-order valence-corrected chi connectivity index (χ0v) is 13.8. The van der Waals surface area contributed by atoms with Crippen LogP contribution in [0.2, 0.25) is 5.02 Å². The van der Waals surface area contributed by atoms with Crippen molar-refractivity contribution in [1.29, 1.82) is 0 Å². The van der Waals surface area contributed by atoms with E-state index in [0.29, 0.717) is 10.8 Å². The minimum Gasteiger partial charge on any atom is -0.484 e. The van der Waals surface area contributed by atoms with Gasteiger partial charge in [-0.05, 0) is 56.2 Å². The summed E-state index contributed by atoms with van der Waals surface area (Å²) >= 11 is 5.80. The van der Waals surface area contributed by atoms with Gasteiger partial charge in [-0.3, -0.25) is 4.79 Å². The molecule has 3 nitrogen and oxygen atoms in total. The van der Waals surface area contributed by atoms with Gasteiger partial charge >= 0.3 is 0 Å². The number of hydrogen-bond donors (Lipinski definition) is 1. The van der Waals surface area contributed by atoms with E-state index in [1.54, 1.807) is 24.3 Å². The molecule has 2 aromatic rings. The summed E-state index contributed by atoms with van der Waals surface area (Å²) in [5, 5.41) is 3.60. The maximum atomic E-state index is 12.0. The number of carbonyl (C=O) groups is 1. The lowest BCUT2D eigenvalue weighted by atomic mass is 10.00. The predicted octanol–water partition coefficient (Wildman–Crippen LogP) is 4.21. The van der Waals surface area contributed by atoms with Crippen LogP contribution in [0, 0.1) is 13.8 Å².